The van der Waals surface area contributed by atoms with Crippen molar-refractivity contribution in [3.05, 3.63) is 63.7 Å². The number of esters is 1. The van der Waals surface area contributed by atoms with Crippen LogP contribution in [-0.2, 0) is 15.4 Å². The molecule has 2 atom stereocenters. The quantitative estimate of drug-likeness (QED) is 0.353. The van der Waals surface area contributed by atoms with Gasteiger partial charge < -0.3 is 4.74 Å². The molecule has 132 valence electrons. The number of nitrogens with zero attached hydrogens (tertiary/aromatic N) is 3. The zero-order valence-electron chi connectivity index (χ0n) is 13.4. The van der Waals surface area contributed by atoms with E-state index in [9.17, 15) is 23.3 Å². The highest BCUT2D eigenvalue weighted by molar-refractivity contribution is 7.73. The SMILES string of the molecule is Cc1cnc([C@@H](OC(=O)c2ccc([N+](=O)[O-])cc2)[C@H](C)[SH](=O)=O)nc1. The molecule has 2 rings (SSSR count). The Morgan fingerprint density at radius 3 is 2.24 bits per heavy atom. The molecule has 0 aliphatic heterocycles. The molecule has 0 N–H and O–H groups in total. The maximum atomic E-state index is 12.3. The van der Waals surface area contributed by atoms with E-state index < -0.39 is 33.0 Å². The number of hydrogen-bond donors (Lipinski definition) is 1. The third-order valence-electron chi connectivity index (χ3n) is 3.37. The van der Waals surface area contributed by atoms with Crippen LogP contribution in [-0.4, -0.2) is 34.5 Å². The van der Waals surface area contributed by atoms with Gasteiger partial charge in [-0.3, -0.25) is 10.1 Å². The van der Waals surface area contributed by atoms with Gasteiger partial charge in [-0.1, -0.05) is 0 Å². The molecule has 0 spiro atoms. The second-order valence-corrected chi connectivity index (χ2v) is 6.66. The summed E-state index contributed by atoms with van der Waals surface area (Å²) in [5.74, 6) is -0.764. The van der Waals surface area contributed by atoms with E-state index >= 15 is 0 Å². The van der Waals surface area contributed by atoms with E-state index in [1.54, 1.807) is 6.92 Å². The first-order valence-corrected chi connectivity index (χ1v) is 8.41. The van der Waals surface area contributed by atoms with Gasteiger partial charge in [0.15, 0.2) is 11.9 Å². The number of nitro groups is 1. The normalized spacial score (nSPS) is 13.2. The Labute approximate surface area is 144 Å². The van der Waals surface area contributed by atoms with Crippen molar-refractivity contribution in [2.75, 3.05) is 0 Å². The van der Waals surface area contributed by atoms with Crippen LogP contribution in [0.5, 0.6) is 0 Å². The van der Waals surface area contributed by atoms with Crippen LogP contribution in [0.1, 0.15) is 34.8 Å². The minimum absolute atomic E-state index is 0.0519. The fourth-order valence-corrected chi connectivity index (χ4v) is 2.34. The molecule has 9 nitrogen and oxygen atoms in total. The van der Waals surface area contributed by atoms with E-state index in [0.717, 1.165) is 17.7 Å². The molecule has 0 bridgehead atoms. The Balaban J connectivity index is 2.27. The lowest BCUT2D eigenvalue weighted by atomic mass is 10.2. The summed E-state index contributed by atoms with van der Waals surface area (Å²) in [7, 11) is -2.89. The number of nitro benzene ring substituents is 1. The van der Waals surface area contributed by atoms with E-state index in [4.69, 9.17) is 4.74 Å². The number of carbonyl (C=O) groups is 1. The summed E-state index contributed by atoms with van der Waals surface area (Å²) in [6.45, 7) is 3.14. The van der Waals surface area contributed by atoms with Gasteiger partial charge in [0.2, 0.25) is 0 Å². The monoisotopic (exact) mass is 365 g/mol. The largest absolute Gasteiger partial charge is 0.449 e. The van der Waals surface area contributed by atoms with Crippen LogP contribution in [0.4, 0.5) is 5.69 Å². The number of hydrogen-bond acceptors (Lipinski definition) is 8. The molecule has 0 saturated carbocycles. The summed E-state index contributed by atoms with van der Waals surface area (Å²) in [5.41, 5.74) is 0.644. The molecule has 1 aromatic heterocycles. The average molecular weight is 365 g/mol. The molecule has 0 saturated heterocycles. The molecule has 0 fully saturated rings. The fourth-order valence-electron chi connectivity index (χ4n) is 1.93. The number of carbonyl (C=O) groups excluding carboxylic acids is 1. The summed E-state index contributed by atoms with van der Waals surface area (Å²) in [4.78, 5) is 30.3. The first-order valence-electron chi connectivity index (χ1n) is 7.17. The molecule has 1 aromatic carbocycles. The van der Waals surface area contributed by atoms with Crippen molar-refractivity contribution in [2.24, 2.45) is 0 Å². The maximum Gasteiger partial charge on any atom is 0.338 e. The van der Waals surface area contributed by atoms with Crippen LogP contribution in [0.2, 0.25) is 0 Å². The Hall–Kier alpha value is -2.88. The van der Waals surface area contributed by atoms with Gasteiger partial charge >= 0.3 is 5.97 Å². The average Bonchev–Trinajstić information content (AvgIpc) is 2.59. The third-order valence-corrected chi connectivity index (χ3v) is 4.31. The Kier molecular flexibility index (Phi) is 5.75. The predicted octanol–water partition coefficient (Wildman–Crippen LogP) is 1.59. The van der Waals surface area contributed by atoms with Gasteiger partial charge in [0.25, 0.3) is 5.69 Å². The number of ether oxygens (including phenoxy) is 1. The van der Waals surface area contributed by atoms with Crippen molar-refractivity contribution in [3.63, 3.8) is 0 Å². The molecule has 0 aliphatic rings. The van der Waals surface area contributed by atoms with Crippen LogP contribution in [0.25, 0.3) is 0 Å². The molecular weight excluding hydrogens is 350 g/mol. The lowest BCUT2D eigenvalue weighted by Crippen LogP contribution is -2.25. The highest BCUT2D eigenvalue weighted by Gasteiger charge is 2.29. The molecule has 2 aromatic rings. The molecule has 0 radical (unpaired) electrons. The molecule has 25 heavy (non-hydrogen) atoms. The standard InChI is InChI=1S/C15H15N3O6S/c1-9-7-16-14(17-8-9)13(10(2)25(22)23)24-15(19)11-3-5-12(6-4-11)18(20)21/h3-8,10,13,25H,1-2H3/t10-,13-/m0/s1. The lowest BCUT2D eigenvalue weighted by Gasteiger charge is -2.19. The molecule has 0 aliphatic carbocycles. The summed E-state index contributed by atoms with van der Waals surface area (Å²) >= 11 is 0. The van der Waals surface area contributed by atoms with Gasteiger partial charge in [-0.2, -0.15) is 0 Å². The summed E-state index contributed by atoms with van der Waals surface area (Å²) in [5, 5.41) is 9.60. The van der Waals surface area contributed by atoms with Gasteiger partial charge in [0.05, 0.1) is 10.5 Å². The number of thiol groups is 1. The van der Waals surface area contributed by atoms with Crippen molar-refractivity contribution < 1.29 is 22.9 Å². The predicted molar refractivity (Wildman–Crippen MR) is 87.8 cm³/mol. The van der Waals surface area contributed by atoms with Crippen LogP contribution in [0, 0.1) is 17.0 Å². The van der Waals surface area contributed by atoms with E-state index in [0.29, 0.717) is 0 Å². The summed E-state index contributed by atoms with van der Waals surface area (Å²) in [6.07, 6.45) is 1.78. The minimum atomic E-state index is -2.89. The molecular formula is C15H15N3O6S. The summed E-state index contributed by atoms with van der Waals surface area (Å²) < 4.78 is 27.9. The van der Waals surface area contributed by atoms with E-state index in [1.165, 1.54) is 31.5 Å². The number of benzene rings is 1. The highest BCUT2D eigenvalue weighted by atomic mass is 32.2. The van der Waals surface area contributed by atoms with Gasteiger partial charge in [-0.25, -0.2) is 23.2 Å². The second-order valence-electron chi connectivity index (χ2n) is 5.27. The van der Waals surface area contributed by atoms with Gasteiger partial charge in [-0.05, 0) is 31.5 Å². The Morgan fingerprint density at radius 1 is 1.20 bits per heavy atom. The van der Waals surface area contributed by atoms with Crippen molar-refractivity contribution in [1.29, 1.82) is 0 Å². The van der Waals surface area contributed by atoms with Crippen molar-refractivity contribution in [3.8, 4) is 0 Å². The molecule has 0 unspecified atom stereocenters. The zero-order chi connectivity index (χ0) is 18.6. The van der Waals surface area contributed by atoms with Gasteiger partial charge in [0.1, 0.15) is 16.0 Å². The topological polar surface area (TPSA) is 129 Å². The number of rotatable bonds is 6. The Bertz CT molecular complexity index is 841. The molecule has 10 heteroatoms. The van der Waals surface area contributed by atoms with E-state index in [1.807, 2.05) is 0 Å². The van der Waals surface area contributed by atoms with E-state index in [2.05, 4.69) is 9.97 Å². The fraction of sp³-hybridized carbons (Fsp3) is 0.267. The van der Waals surface area contributed by atoms with Crippen LogP contribution < -0.4 is 0 Å². The van der Waals surface area contributed by atoms with Gasteiger partial charge in [-0.15, -0.1) is 0 Å². The number of non-ortho nitro benzene ring substituents is 1. The Morgan fingerprint density at radius 2 is 1.76 bits per heavy atom. The van der Waals surface area contributed by atoms with Crippen LogP contribution >= 0.6 is 0 Å². The van der Waals surface area contributed by atoms with Gasteiger partial charge in [0, 0.05) is 24.5 Å². The highest BCUT2D eigenvalue weighted by Crippen LogP contribution is 2.22. The zero-order valence-corrected chi connectivity index (χ0v) is 14.3. The molecule has 1 heterocycles. The van der Waals surface area contributed by atoms with Crippen LogP contribution in [0.3, 0.4) is 0 Å². The summed E-state index contributed by atoms with van der Waals surface area (Å²) in [6, 6.07) is 4.78. The first kappa shape index (κ1) is 18.5. The van der Waals surface area contributed by atoms with Crippen molar-refractivity contribution in [2.45, 2.75) is 25.2 Å². The van der Waals surface area contributed by atoms with E-state index in [-0.39, 0.29) is 17.1 Å². The minimum Gasteiger partial charge on any atom is -0.449 e. The van der Waals surface area contributed by atoms with Crippen LogP contribution in [0.15, 0.2) is 36.7 Å². The van der Waals surface area contributed by atoms with Crippen molar-refractivity contribution >= 4 is 22.4 Å². The number of aryl methyl sites for hydroxylation is 1. The third kappa shape index (κ3) is 4.57. The number of aromatic nitrogens is 2. The lowest BCUT2D eigenvalue weighted by molar-refractivity contribution is -0.384. The maximum absolute atomic E-state index is 12.3. The van der Waals surface area contributed by atoms with Crippen molar-refractivity contribution in [1.82, 2.24) is 9.97 Å². The molecule has 0 amide bonds. The first-order chi connectivity index (χ1) is 11.8. The smallest absolute Gasteiger partial charge is 0.338 e. The second kappa shape index (κ2) is 7.79.